The second kappa shape index (κ2) is 4.64. The van der Waals surface area contributed by atoms with E-state index in [4.69, 9.17) is 0 Å². The molecule has 0 atom stereocenters. The molecule has 0 saturated heterocycles. The maximum atomic E-state index is 11.6. The molecule has 1 aliphatic rings. The van der Waals surface area contributed by atoms with E-state index in [2.05, 4.69) is 5.32 Å². The smallest absolute Gasteiger partial charge is 0.300 e. The van der Waals surface area contributed by atoms with Gasteiger partial charge in [-0.1, -0.05) is 36.4 Å². The number of carbonyl (C=O) groups excluding carboxylic acids is 1. The first-order valence-corrected chi connectivity index (χ1v) is 7.19. The number of hydrogen-bond acceptors (Lipinski definition) is 3. The van der Waals surface area contributed by atoms with Crippen molar-refractivity contribution in [3.05, 3.63) is 58.6 Å². The van der Waals surface area contributed by atoms with Crippen molar-refractivity contribution in [3.63, 3.8) is 0 Å². The summed E-state index contributed by atoms with van der Waals surface area (Å²) in [4.78, 5) is 22.6. The first-order valence-electron chi connectivity index (χ1n) is 7.19. The van der Waals surface area contributed by atoms with Gasteiger partial charge in [0.2, 0.25) is 5.91 Å². The van der Waals surface area contributed by atoms with Crippen molar-refractivity contribution in [2.24, 2.45) is 0 Å². The van der Waals surface area contributed by atoms with Gasteiger partial charge in [0.1, 0.15) is 5.69 Å². The minimum atomic E-state index is -0.433. The summed E-state index contributed by atoms with van der Waals surface area (Å²) in [7, 11) is 0. The van der Waals surface area contributed by atoms with E-state index in [0.29, 0.717) is 5.39 Å². The van der Waals surface area contributed by atoms with Gasteiger partial charge in [-0.05, 0) is 34.4 Å². The summed E-state index contributed by atoms with van der Waals surface area (Å²) in [5.74, 6) is -0.331. The van der Waals surface area contributed by atoms with Gasteiger partial charge >= 0.3 is 5.69 Å². The molecule has 3 aromatic carbocycles. The van der Waals surface area contributed by atoms with Crippen molar-refractivity contribution >= 4 is 28.1 Å². The fourth-order valence-corrected chi connectivity index (χ4v) is 3.34. The van der Waals surface area contributed by atoms with Crippen molar-refractivity contribution in [3.8, 4) is 22.3 Å². The molecule has 0 aliphatic heterocycles. The largest absolute Gasteiger partial charge is 0.321 e. The van der Waals surface area contributed by atoms with Gasteiger partial charge in [-0.2, -0.15) is 0 Å². The lowest BCUT2D eigenvalue weighted by Crippen LogP contribution is -2.08. The molecule has 1 amide bonds. The number of carbonyl (C=O) groups is 1. The number of rotatable bonds is 2. The van der Waals surface area contributed by atoms with Crippen LogP contribution in [0.4, 0.5) is 11.4 Å². The van der Waals surface area contributed by atoms with Gasteiger partial charge < -0.3 is 5.32 Å². The average Bonchev–Trinajstić information content (AvgIpc) is 2.83. The molecular formula is C18H12N2O3. The van der Waals surface area contributed by atoms with E-state index in [0.717, 1.165) is 27.6 Å². The lowest BCUT2D eigenvalue weighted by molar-refractivity contribution is -0.382. The number of nitro groups is 1. The predicted octanol–water partition coefficient (Wildman–Crippen LogP) is 4.35. The molecule has 0 aromatic heterocycles. The number of amides is 1. The molecular weight excluding hydrogens is 292 g/mol. The monoisotopic (exact) mass is 304 g/mol. The van der Waals surface area contributed by atoms with Crippen LogP contribution in [-0.2, 0) is 4.79 Å². The van der Waals surface area contributed by atoms with E-state index in [-0.39, 0.29) is 17.3 Å². The van der Waals surface area contributed by atoms with Gasteiger partial charge in [0, 0.05) is 12.3 Å². The Morgan fingerprint density at radius 2 is 1.65 bits per heavy atom. The predicted molar refractivity (Wildman–Crippen MR) is 89.3 cm³/mol. The number of nitro benzene ring substituents is 1. The highest BCUT2D eigenvalue weighted by molar-refractivity contribution is 6.20. The second-order valence-electron chi connectivity index (χ2n) is 5.53. The van der Waals surface area contributed by atoms with Gasteiger partial charge in [0.15, 0.2) is 0 Å². The molecule has 5 nitrogen and oxygen atoms in total. The highest BCUT2D eigenvalue weighted by atomic mass is 16.6. The minimum Gasteiger partial charge on any atom is -0.321 e. The quantitative estimate of drug-likeness (QED) is 0.442. The summed E-state index contributed by atoms with van der Waals surface area (Å²) in [6, 6.07) is 15.1. The lowest BCUT2D eigenvalue weighted by atomic mass is 10.00. The summed E-state index contributed by atoms with van der Waals surface area (Å²) in [5.41, 5.74) is 4.17. The Bertz CT molecular complexity index is 1010. The van der Waals surface area contributed by atoms with E-state index in [9.17, 15) is 14.9 Å². The number of nitrogens with zero attached hydrogens (tertiary/aromatic N) is 1. The van der Waals surface area contributed by atoms with E-state index in [1.54, 1.807) is 12.1 Å². The molecule has 23 heavy (non-hydrogen) atoms. The molecule has 4 rings (SSSR count). The third-order valence-corrected chi connectivity index (χ3v) is 4.13. The highest BCUT2D eigenvalue weighted by Gasteiger charge is 2.28. The minimum absolute atomic E-state index is 0.0615. The molecule has 1 aliphatic carbocycles. The molecule has 3 aromatic rings. The first kappa shape index (κ1) is 13.5. The molecule has 0 saturated carbocycles. The zero-order valence-corrected chi connectivity index (χ0v) is 12.3. The number of hydrogen-bond donors (Lipinski definition) is 1. The topological polar surface area (TPSA) is 72.2 Å². The van der Waals surface area contributed by atoms with Gasteiger partial charge in [-0.25, -0.2) is 0 Å². The Labute approximate surface area is 131 Å². The van der Waals surface area contributed by atoms with Crippen molar-refractivity contribution in [1.29, 1.82) is 0 Å². The zero-order chi connectivity index (χ0) is 16.1. The zero-order valence-electron chi connectivity index (χ0n) is 12.3. The maximum absolute atomic E-state index is 11.6. The van der Waals surface area contributed by atoms with E-state index >= 15 is 0 Å². The number of anilines is 1. The van der Waals surface area contributed by atoms with E-state index in [1.807, 2.05) is 36.4 Å². The maximum Gasteiger partial charge on any atom is 0.300 e. The third kappa shape index (κ3) is 1.83. The van der Waals surface area contributed by atoms with Gasteiger partial charge in [0.05, 0.1) is 10.3 Å². The van der Waals surface area contributed by atoms with Crippen LogP contribution in [0.15, 0.2) is 48.5 Å². The van der Waals surface area contributed by atoms with Crippen LogP contribution >= 0.6 is 0 Å². The molecule has 0 heterocycles. The Hall–Kier alpha value is -3.21. The average molecular weight is 304 g/mol. The Morgan fingerprint density at radius 3 is 2.30 bits per heavy atom. The molecule has 5 heteroatoms. The molecule has 0 unspecified atom stereocenters. The molecule has 0 radical (unpaired) electrons. The van der Waals surface area contributed by atoms with E-state index in [1.165, 1.54) is 6.92 Å². The number of fused-ring (bicyclic) bond motifs is 3. The summed E-state index contributed by atoms with van der Waals surface area (Å²) < 4.78 is 0. The van der Waals surface area contributed by atoms with Crippen molar-refractivity contribution in [1.82, 2.24) is 0 Å². The Kier molecular flexibility index (Phi) is 2.72. The summed E-state index contributed by atoms with van der Waals surface area (Å²) in [6.45, 7) is 1.34. The second-order valence-corrected chi connectivity index (χ2v) is 5.53. The lowest BCUT2D eigenvalue weighted by Gasteiger charge is -2.09. The van der Waals surface area contributed by atoms with Crippen LogP contribution in [0.2, 0.25) is 0 Å². The summed E-state index contributed by atoms with van der Waals surface area (Å²) in [5, 5.41) is 15.6. The standard InChI is InChI=1S/C18H12N2O3/c1-10(21)19-16-9-15-12-6-3-2-5-11(12)13-7-4-8-14(17(13)15)18(16)20(22)23/h2-9H,1H3,(H,19,21). The van der Waals surface area contributed by atoms with Crippen LogP contribution < -0.4 is 5.32 Å². The third-order valence-electron chi connectivity index (χ3n) is 4.13. The first-order chi connectivity index (χ1) is 11.1. The molecule has 112 valence electrons. The fourth-order valence-electron chi connectivity index (χ4n) is 3.34. The number of nitrogens with one attached hydrogen (secondary N) is 1. The summed E-state index contributed by atoms with van der Waals surface area (Å²) >= 11 is 0. The number of benzene rings is 3. The van der Waals surface area contributed by atoms with Crippen LogP contribution in [0.25, 0.3) is 33.0 Å². The van der Waals surface area contributed by atoms with Crippen LogP contribution in [0.5, 0.6) is 0 Å². The van der Waals surface area contributed by atoms with Crippen molar-refractivity contribution in [2.45, 2.75) is 6.92 Å². The van der Waals surface area contributed by atoms with Crippen LogP contribution in [-0.4, -0.2) is 10.8 Å². The molecule has 0 bridgehead atoms. The van der Waals surface area contributed by atoms with Crippen molar-refractivity contribution in [2.75, 3.05) is 5.32 Å². The van der Waals surface area contributed by atoms with Crippen LogP contribution in [0, 0.1) is 10.1 Å². The fraction of sp³-hybridized carbons (Fsp3) is 0.0556. The summed E-state index contributed by atoms with van der Waals surface area (Å²) in [6.07, 6.45) is 0. The van der Waals surface area contributed by atoms with Crippen LogP contribution in [0.3, 0.4) is 0 Å². The van der Waals surface area contributed by atoms with Gasteiger partial charge in [-0.3, -0.25) is 14.9 Å². The Balaban J connectivity index is 2.17. The SMILES string of the molecule is CC(=O)Nc1cc2c3c(cccc3c1[N+](=O)[O-])-c1ccccc1-2. The van der Waals surface area contributed by atoms with Gasteiger partial charge in [-0.15, -0.1) is 0 Å². The van der Waals surface area contributed by atoms with Crippen LogP contribution in [0.1, 0.15) is 6.92 Å². The molecule has 0 fully saturated rings. The highest BCUT2D eigenvalue weighted by Crippen LogP contribution is 2.51. The van der Waals surface area contributed by atoms with E-state index < -0.39 is 4.92 Å². The normalized spacial score (nSPS) is 11.3. The molecule has 1 N–H and O–H groups in total. The Morgan fingerprint density at radius 1 is 1.00 bits per heavy atom. The van der Waals surface area contributed by atoms with Gasteiger partial charge in [0.25, 0.3) is 0 Å². The van der Waals surface area contributed by atoms with Crippen molar-refractivity contribution < 1.29 is 9.72 Å². The molecule has 0 spiro atoms.